The SMILES string of the molecule is CCn1nc(C)c(Cl)c1CC(=O)C1CCCC1C. The Morgan fingerprint density at radius 3 is 2.78 bits per heavy atom. The van der Waals surface area contributed by atoms with Crippen LogP contribution >= 0.6 is 11.6 Å². The summed E-state index contributed by atoms with van der Waals surface area (Å²) in [5.74, 6) is 1.08. The second kappa shape index (κ2) is 5.43. The number of carbonyl (C=O) groups excluding carboxylic acids is 1. The van der Waals surface area contributed by atoms with Crippen molar-refractivity contribution < 1.29 is 4.79 Å². The first-order chi connectivity index (χ1) is 8.54. The van der Waals surface area contributed by atoms with Crippen LogP contribution in [-0.2, 0) is 17.8 Å². The Kier molecular flexibility index (Phi) is 4.10. The molecule has 1 aliphatic rings. The van der Waals surface area contributed by atoms with Crippen molar-refractivity contribution in [3.05, 3.63) is 16.4 Å². The van der Waals surface area contributed by atoms with E-state index in [0.717, 1.165) is 24.4 Å². The molecule has 0 aliphatic heterocycles. The van der Waals surface area contributed by atoms with Gasteiger partial charge in [-0.2, -0.15) is 5.10 Å². The Morgan fingerprint density at radius 2 is 2.22 bits per heavy atom. The number of halogens is 1. The average Bonchev–Trinajstić information content (AvgIpc) is 2.87. The molecule has 1 fully saturated rings. The Hall–Kier alpha value is -0.830. The Balaban J connectivity index is 2.16. The maximum Gasteiger partial charge on any atom is 0.142 e. The van der Waals surface area contributed by atoms with Crippen molar-refractivity contribution in [1.82, 2.24) is 9.78 Å². The van der Waals surface area contributed by atoms with E-state index in [1.54, 1.807) is 0 Å². The number of aromatic nitrogens is 2. The highest BCUT2D eigenvalue weighted by atomic mass is 35.5. The van der Waals surface area contributed by atoms with Gasteiger partial charge < -0.3 is 0 Å². The molecule has 0 bridgehead atoms. The zero-order chi connectivity index (χ0) is 13.3. The third kappa shape index (κ3) is 2.46. The van der Waals surface area contributed by atoms with E-state index < -0.39 is 0 Å². The first-order valence-electron chi connectivity index (χ1n) is 6.79. The molecule has 1 saturated carbocycles. The molecule has 100 valence electrons. The van der Waals surface area contributed by atoms with E-state index in [1.165, 1.54) is 12.8 Å². The minimum atomic E-state index is 0.224. The summed E-state index contributed by atoms with van der Waals surface area (Å²) in [7, 11) is 0. The lowest BCUT2D eigenvalue weighted by molar-refractivity contribution is -0.123. The Morgan fingerprint density at radius 1 is 1.50 bits per heavy atom. The summed E-state index contributed by atoms with van der Waals surface area (Å²) in [5.41, 5.74) is 1.71. The van der Waals surface area contributed by atoms with E-state index in [4.69, 9.17) is 11.6 Å². The number of hydrogen-bond acceptors (Lipinski definition) is 2. The summed E-state index contributed by atoms with van der Waals surface area (Å²) in [4.78, 5) is 12.4. The van der Waals surface area contributed by atoms with Gasteiger partial charge in [-0.25, -0.2) is 0 Å². The zero-order valence-electron chi connectivity index (χ0n) is 11.4. The molecule has 3 nitrogen and oxygen atoms in total. The molecule has 0 spiro atoms. The Bertz CT molecular complexity index is 453. The van der Waals surface area contributed by atoms with E-state index in [2.05, 4.69) is 12.0 Å². The molecule has 0 aromatic carbocycles. The van der Waals surface area contributed by atoms with Crippen LogP contribution in [0, 0.1) is 18.8 Å². The monoisotopic (exact) mass is 268 g/mol. The summed E-state index contributed by atoms with van der Waals surface area (Å²) in [6.45, 7) is 6.85. The fourth-order valence-corrected chi connectivity index (χ4v) is 3.16. The molecule has 1 aromatic rings. The van der Waals surface area contributed by atoms with Gasteiger partial charge in [-0.3, -0.25) is 9.48 Å². The van der Waals surface area contributed by atoms with Crippen LogP contribution in [0.3, 0.4) is 0 Å². The summed E-state index contributed by atoms with van der Waals surface area (Å²) in [5, 5.41) is 5.02. The number of aryl methyl sites for hydroxylation is 2. The van der Waals surface area contributed by atoms with Crippen molar-refractivity contribution in [2.75, 3.05) is 0 Å². The second-order valence-electron chi connectivity index (χ2n) is 5.32. The topological polar surface area (TPSA) is 34.9 Å². The number of ketones is 1. The van der Waals surface area contributed by atoms with E-state index in [-0.39, 0.29) is 5.92 Å². The lowest BCUT2D eigenvalue weighted by Gasteiger charge is -2.14. The van der Waals surface area contributed by atoms with Crippen LogP contribution in [0.5, 0.6) is 0 Å². The maximum atomic E-state index is 12.4. The van der Waals surface area contributed by atoms with Crippen LogP contribution in [0.15, 0.2) is 0 Å². The smallest absolute Gasteiger partial charge is 0.142 e. The minimum absolute atomic E-state index is 0.224. The number of rotatable bonds is 4. The molecule has 1 aromatic heterocycles. The highest BCUT2D eigenvalue weighted by Gasteiger charge is 2.30. The van der Waals surface area contributed by atoms with Crippen LogP contribution < -0.4 is 0 Å². The summed E-state index contributed by atoms with van der Waals surface area (Å²) < 4.78 is 1.86. The molecule has 1 heterocycles. The highest BCUT2D eigenvalue weighted by Crippen LogP contribution is 2.33. The second-order valence-corrected chi connectivity index (χ2v) is 5.70. The average molecular weight is 269 g/mol. The summed E-state index contributed by atoms with van der Waals surface area (Å²) >= 11 is 6.24. The number of Topliss-reactive ketones (excluding diaryl/α,β-unsaturated/α-hetero) is 1. The highest BCUT2D eigenvalue weighted by molar-refractivity contribution is 6.32. The third-order valence-electron chi connectivity index (χ3n) is 4.07. The largest absolute Gasteiger partial charge is 0.299 e. The van der Waals surface area contributed by atoms with E-state index in [9.17, 15) is 4.79 Å². The molecule has 2 unspecified atom stereocenters. The third-order valence-corrected chi connectivity index (χ3v) is 4.56. The molecule has 0 radical (unpaired) electrons. The van der Waals surface area contributed by atoms with Crippen molar-refractivity contribution >= 4 is 17.4 Å². The van der Waals surface area contributed by atoms with Crippen LogP contribution in [0.1, 0.15) is 44.5 Å². The van der Waals surface area contributed by atoms with Crippen LogP contribution in [-0.4, -0.2) is 15.6 Å². The van der Waals surface area contributed by atoms with E-state index in [0.29, 0.717) is 23.1 Å². The quantitative estimate of drug-likeness (QED) is 0.839. The van der Waals surface area contributed by atoms with Crippen molar-refractivity contribution in [3.8, 4) is 0 Å². The fraction of sp³-hybridized carbons (Fsp3) is 0.714. The number of nitrogens with zero attached hydrogens (tertiary/aromatic N) is 2. The molecule has 4 heteroatoms. The van der Waals surface area contributed by atoms with Crippen molar-refractivity contribution in [3.63, 3.8) is 0 Å². The molecular formula is C14H21ClN2O. The normalized spacial score (nSPS) is 23.6. The van der Waals surface area contributed by atoms with Gasteiger partial charge in [0.1, 0.15) is 5.78 Å². The van der Waals surface area contributed by atoms with Gasteiger partial charge in [0, 0.05) is 12.5 Å². The first kappa shape index (κ1) is 13.6. The van der Waals surface area contributed by atoms with Crippen LogP contribution in [0.2, 0.25) is 5.02 Å². The van der Waals surface area contributed by atoms with Gasteiger partial charge in [-0.1, -0.05) is 24.9 Å². The number of carbonyl (C=O) groups is 1. The van der Waals surface area contributed by atoms with Gasteiger partial charge in [0.25, 0.3) is 0 Å². The molecule has 2 atom stereocenters. The molecule has 1 aliphatic carbocycles. The standard InChI is InChI=1S/C14H21ClN2O/c1-4-17-12(14(15)10(3)16-17)8-13(18)11-7-5-6-9(11)2/h9,11H,4-8H2,1-3H3. The van der Waals surface area contributed by atoms with Crippen LogP contribution in [0.4, 0.5) is 0 Å². The molecular weight excluding hydrogens is 248 g/mol. The number of hydrogen-bond donors (Lipinski definition) is 0. The van der Waals surface area contributed by atoms with Crippen molar-refractivity contribution in [2.45, 2.75) is 53.0 Å². The van der Waals surface area contributed by atoms with Crippen molar-refractivity contribution in [2.24, 2.45) is 11.8 Å². The van der Waals surface area contributed by atoms with Crippen LogP contribution in [0.25, 0.3) is 0 Å². The van der Waals surface area contributed by atoms with Gasteiger partial charge in [0.15, 0.2) is 0 Å². The Labute approximate surface area is 114 Å². The lowest BCUT2D eigenvalue weighted by atomic mass is 9.91. The maximum absolute atomic E-state index is 12.4. The van der Waals surface area contributed by atoms with Gasteiger partial charge in [0.2, 0.25) is 0 Å². The first-order valence-corrected chi connectivity index (χ1v) is 7.16. The predicted octanol–water partition coefficient (Wildman–Crippen LogP) is 3.41. The van der Waals surface area contributed by atoms with Gasteiger partial charge in [-0.05, 0) is 32.6 Å². The minimum Gasteiger partial charge on any atom is -0.299 e. The predicted molar refractivity (Wildman–Crippen MR) is 72.9 cm³/mol. The van der Waals surface area contributed by atoms with Gasteiger partial charge in [-0.15, -0.1) is 0 Å². The van der Waals surface area contributed by atoms with E-state index >= 15 is 0 Å². The van der Waals surface area contributed by atoms with Gasteiger partial charge >= 0.3 is 0 Å². The molecule has 0 amide bonds. The lowest BCUT2D eigenvalue weighted by Crippen LogP contribution is -2.20. The molecule has 18 heavy (non-hydrogen) atoms. The molecule has 0 saturated heterocycles. The summed E-state index contributed by atoms with van der Waals surface area (Å²) in [6, 6.07) is 0. The molecule has 2 rings (SSSR count). The van der Waals surface area contributed by atoms with Crippen molar-refractivity contribution in [1.29, 1.82) is 0 Å². The molecule has 0 N–H and O–H groups in total. The zero-order valence-corrected chi connectivity index (χ0v) is 12.1. The fourth-order valence-electron chi connectivity index (χ4n) is 2.96. The summed E-state index contributed by atoms with van der Waals surface area (Å²) in [6.07, 6.45) is 3.83. The van der Waals surface area contributed by atoms with Gasteiger partial charge in [0.05, 0.1) is 22.8 Å². The van der Waals surface area contributed by atoms with E-state index in [1.807, 2.05) is 18.5 Å².